The van der Waals surface area contributed by atoms with Crippen molar-refractivity contribution in [3.8, 4) is 0 Å². The van der Waals surface area contributed by atoms with E-state index in [1.165, 1.54) is 0 Å². The number of nitrogen functional groups attached to an aromatic ring is 1. The Hall–Kier alpha value is 1.95. The van der Waals surface area contributed by atoms with Crippen LogP contribution in [0.4, 0.5) is 11.8 Å². The van der Waals surface area contributed by atoms with Crippen LogP contribution < -0.4 is 144 Å². The van der Waals surface area contributed by atoms with E-state index in [4.69, 9.17) is 16.0 Å². The van der Waals surface area contributed by atoms with Gasteiger partial charge in [-0.2, -0.15) is 0 Å². The summed E-state index contributed by atoms with van der Waals surface area (Å²) in [6.07, 6.45) is -5.98. The van der Waals surface area contributed by atoms with Crippen LogP contribution in [0.3, 0.4) is 0 Å². The van der Waals surface area contributed by atoms with Crippen LogP contribution in [-0.2, 0) is 31.6 Å². The van der Waals surface area contributed by atoms with Gasteiger partial charge in [0.2, 0.25) is 5.95 Å². The molecular formula is C10H11N8Na4O13P3. The van der Waals surface area contributed by atoms with Crippen molar-refractivity contribution in [2.75, 3.05) is 12.3 Å². The monoisotopic (exact) mass is 636 g/mol. The summed E-state index contributed by atoms with van der Waals surface area (Å²) in [5.41, 5.74) is 14.3. The van der Waals surface area contributed by atoms with Crippen molar-refractivity contribution in [3.05, 3.63) is 16.8 Å². The predicted molar refractivity (Wildman–Crippen MR) is 95.4 cm³/mol. The number of hydrogen-bond acceptors (Lipinski definition) is 18. The van der Waals surface area contributed by atoms with E-state index in [0.29, 0.717) is 0 Å². The summed E-state index contributed by atoms with van der Waals surface area (Å²) < 4.78 is 50.1. The van der Waals surface area contributed by atoms with Crippen molar-refractivity contribution in [1.29, 1.82) is 0 Å². The van der Waals surface area contributed by atoms with Gasteiger partial charge in [0.05, 0.1) is 14.4 Å². The number of nitrogens with two attached hydrogens (primary N) is 1. The molecule has 0 spiro atoms. The molecule has 0 aliphatic carbocycles. The average Bonchev–Trinajstić information content (AvgIpc) is 3.16. The predicted octanol–water partition coefficient (Wildman–Crippen LogP) is -15.2. The smallest absolute Gasteiger partial charge is 0.790 e. The molecule has 3 rings (SSSR count). The van der Waals surface area contributed by atoms with Crippen LogP contribution in [0.1, 0.15) is 6.23 Å². The summed E-state index contributed by atoms with van der Waals surface area (Å²) in [5, 5.41) is 23.9. The Morgan fingerprint density at radius 1 is 1.08 bits per heavy atom. The molecule has 0 bridgehead atoms. The van der Waals surface area contributed by atoms with Crippen LogP contribution >= 0.6 is 23.5 Å². The van der Waals surface area contributed by atoms with Crippen LogP contribution in [0, 0.1) is 0 Å². The van der Waals surface area contributed by atoms with Gasteiger partial charge in [0.1, 0.15) is 24.6 Å². The molecule has 188 valence electrons. The van der Waals surface area contributed by atoms with Gasteiger partial charge < -0.3 is 49.3 Å². The number of ether oxygens (including phenoxy) is 1. The number of anilines is 1. The molecule has 0 radical (unpaired) electrons. The zero-order valence-corrected chi connectivity index (χ0v) is 30.7. The molecule has 0 aromatic carbocycles. The fraction of sp³-hybridized carbons (Fsp3) is 0.500. The van der Waals surface area contributed by atoms with Crippen LogP contribution in [0.25, 0.3) is 21.6 Å². The number of phosphoric acid groups is 3. The van der Waals surface area contributed by atoms with E-state index >= 15 is 0 Å². The van der Waals surface area contributed by atoms with Crippen molar-refractivity contribution in [3.63, 3.8) is 0 Å². The fourth-order valence-electron chi connectivity index (χ4n) is 2.79. The Kier molecular flexibility index (Phi) is 18.5. The molecule has 0 saturated carbocycles. The zero-order valence-electron chi connectivity index (χ0n) is 20.0. The maximum atomic E-state index is 11.7. The molecule has 1 saturated heterocycles. The third kappa shape index (κ3) is 10.9. The second-order valence-electron chi connectivity index (χ2n) is 6.25. The molecule has 3 heterocycles. The quantitative estimate of drug-likeness (QED) is 0.0756. The average molecular weight is 636 g/mol. The molecule has 4 N–H and O–H groups in total. The van der Waals surface area contributed by atoms with E-state index in [-0.39, 0.29) is 135 Å². The molecule has 6 atom stereocenters. The number of fused-ring (bicyclic) bond motifs is 1. The SMILES string of the molecule is [N-]=[N+]=Nc1nc2c(N)ncnc2n1[C@@H]1O[C@H](COP(=O)([O-])OP(=O)([O-])OP(=O)([O-])[O-])[C@@H](O)[C@H]1O.[Na+].[Na+].[Na+].[Na+]. The van der Waals surface area contributed by atoms with Crippen LogP contribution in [0.5, 0.6) is 0 Å². The molecule has 1 aliphatic heterocycles. The maximum absolute atomic E-state index is 11.7. The third-order valence-electron chi connectivity index (χ3n) is 4.01. The van der Waals surface area contributed by atoms with Crippen molar-refractivity contribution < 1.29 is 180 Å². The second kappa shape index (κ2) is 16.7. The fourth-order valence-corrected chi connectivity index (χ4v) is 5.65. The number of nitrogens with zero attached hydrogens (tertiary/aromatic N) is 7. The molecule has 2 unspecified atom stereocenters. The minimum absolute atomic E-state index is 0. The van der Waals surface area contributed by atoms with E-state index in [0.717, 1.165) is 10.9 Å². The van der Waals surface area contributed by atoms with Crippen molar-refractivity contribution in [2.45, 2.75) is 24.5 Å². The van der Waals surface area contributed by atoms with E-state index in [9.17, 15) is 43.5 Å². The standard InChI is InChI=1S/C10H15N8O13P3.4Na/c11-7-4-8(14-2-13-7)18(10(15-4)16-17-12)9-6(20)5(19)3(29-9)1-28-33(24,25)31-34(26,27)30-32(21,22)23;;;;/h2-3,5-6,9,19-20H,1H2,(H,24,25)(H,26,27)(H2,11,13,14)(H2,21,22,23);;;;/q;4*+1/p-4/t3-,5-,6-,9-;;;;/m1..../s1. The number of aromatic nitrogens is 4. The maximum Gasteiger partial charge on any atom is 1.00 e. The number of aliphatic hydroxyl groups is 2. The summed E-state index contributed by atoms with van der Waals surface area (Å²) in [5.74, 6) is -0.565. The van der Waals surface area contributed by atoms with Crippen LogP contribution in [0.15, 0.2) is 11.4 Å². The van der Waals surface area contributed by atoms with E-state index < -0.39 is 60.6 Å². The minimum atomic E-state index is -6.20. The van der Waals surface area contributed by atoms with E-state index in [1.807, 2.05) is 0 Å². The number of imidazole rings is 1. The number of aliphatic hydroxyl groups excluding tert-OH is 2. The molecule has 28 heteroatoms. The number of azide groups is 1. The molecule has 0 amide bonds. The Morgan fingerprint density at radius 3 is 2.24 bits per heavy atom. The topological polar surface area (TPSA) is 339 Å². The first-order chi connectivity index (χ1) is 15.6. The molecule has 2 aromatic rings. The second-order valence-corrected chi connectivity index (χ2v) is 10.5. The first kappa shape index (κ1) is 42.1. The van der Waals surface area contributed by atoms with Gasteiger partial charge in [-0.3, -0.25) is 18.0 Å². The number of hydrogen-bond donors (Lipinski definition) is 3. The van der Waals surface area contributed by atoms with Crippen molar-refractivity contribution >= 4 is 46.4 Å². The molecule has 2 aromatic heterocycles. The summed E-state index contributed by atoms with van der Waals surface area (Å²) in [7, 11) is -18.3. The minimum Gasteiger partial charge on any atom is -0.790 e. The largest absolute Gasteiger partial charge is 1.00 e. The van der Waals surface area contributed by atoms with Crippen LogP contribution in [-0.4, -0.2) is 54.7 Å². The van der Waals surface area contributed by atoms with E-state index in [2.05, 4.69) is 38.1 Å². The molecular weight excluding hydrogens is 625 g/mol. The summed E-state index contributed by atoms with van der Waals surface area (Å²) in [6.45, 7) is -1.18. The Bertz CT molecular complexity index is 1290. The van der Waals surface area contributed by atoms with Gasteiger partial charge in [0.25, 0.3) is 15.6 Å². The Balaban J connectivity index is 0. The van der Waals surface area contributed by atoms with Crippen molar-refractivity contribution in [2.24, 2.45) is 5.11 Å². The Morgan fingerprint density at radius 2 is 1.68 bits per heavy atom. The van der Waals surface area contributed by atoms with Gasteiger partial charge in [-0.1, -0.05) is 0 Å². The van der Waals surface area contributed by atoms with Gasteiger partial charge in [-0.15, -0.1) is 0 Å². The summed E-state index contributed by atoms with van der Waals surface area (Å²) in [6, 6.07) is 0. The van der Waals surface area contributed by atoms with Crippen LogP contribution in [0.2, 0.25) is 0 Å². The summed E-state index contributed by atoms with van der Waals surface area (Å²) in [4.78, 5) is 57.6. The molecule has 38 heavy (non-hydrogen) atoms. The summed E-state index contributed by atoms with van der Waals surface area (Å²) >= 11 is 0. The van der Waals surface area contributed by atoms with Gasteiger partial charge in [-0.05, 0) is 10.6 Å². The number of phosphoric ester groups is 1. The molecule has 1 fully saturated rings. The van der Waals surface area contributed by atoms with E-state index in [1.54, 1.807) is 0 Å². The number of rotatable bonds is 9. The molecule has 1 aliphatic rings. The third-order valence-corrected chi connectivity index (χ3v) is 7.67. The normalized spacial score (nSPS) is 23.8. The first-order valence-corrected chi connectivity index (χ1v) is 12.8. The molecule has 21 nitrogen and oxygen atoms in total. The van der Waals surface area contributed by atoms with Gasteiger partial charge in [0, 0.05) is 4.91 Å². The van der Waals surface area contributed by atoms with Gasteiger partial charge in [0.15, 0.2) is 23.2 Å². The van der Waals surface area contributed by atoms with Crippen molar-refractivity contribution in [1.82, 2.24) is 19.5 Å². The first-order valence-electron chi connectivity index (χ1n) is 8.40. The van der Waals surface area contributed by atoms with Gasteiger partial charge >= 0.3 is 118 Å². The Labute approximate surface area is 300 Å². The zero-order chi connectivity index (χ0) is 25.5. The van der Waals surface area contributed by atoms with Gasteiger partial charge in [-0.25, -0.2) is 19.3 Å².